The fourth-order valence-corrected chi connectivity index (χ4v) is 4.71. The smallest absolute Gasteiger partial charge is 0.304 e. The Kier molecular flexibility index (Phi) is 16.2. The van der Waals surface area contributed by atoms with Crippen LogP contribution in [0.25, 0.3) is 11.9 Å². The molecule has 0 aliphatic rings. The highest BCUT2D eigenvalue weighted by Crippen LogP contribution is 2.40. The lowest BCUT2D eigenvalue weighted by atomic mass is 9.75. The van der Waals surface area contributed by atoms with Crippen molar-refractivity contribution in [3.63, 3.8) is 0 Å². The number of halogens is 1. The van der Waals surface area contributed by atoms with E-state index in [2.05, 4.69) is 73.5 Å². The van der Waals surface area contributed by atoms with Gasteiger partial charge in [-0.15, -0.1) is 0 Å². The number of aryl methyl sites for hydroxylation is 1. The first-order valence-corrected chi connectivity index (χ1v) is 14.3. The van der Waals surface area contributed by atoms with Crippen molar-refractivity contribution in [2.24, 2.45) is 0 Å². The van der Waals surface area contributed by atoms with Crippen LogP contribution in [-0.2, 0) is 4.79 Å². The topological polar surface area (TPSA) is 82.2 Å². The lowest BCUT2D eigenvalue weighted by Gasteiger charge is -2.28. The van der Waals surface area contributed by atoms with Crippen molar-refractivity contribution < 1.29 is 19.1 Å². The highest BCUT2D eigenvalue weighted by atomic mass is 19.1. The molecule has 0 bridgehead atoms. The van der Waals surface area contributed by atoms with E-state index < -0.39 is 5.97 Å². The van der Waals surface area contributed by atoms with Gasteiger partial charge in [0.2, 0.25) is 0 Å². The maximum atomic E-state index is 14.3. The van der Waals surface area contributed by atoms with Gasteiger partial charge in [-0.2, -0.15) is 0 Å². The number of benzene rings is 2. The molecule has 40 heavy (non-hydrogen) atoms. The molecule has 1 aromatic heterocycles. The molecule has 0 aliphatic heterocycles. The minimum atomic E-state index is -0.755. The van der Waals surface area contributed by atoms with E-state index in [0.717, 1.165) is 36.3 Å². The number of carbonyl (C=O) groups excluding carboxylic acids is 1. The first kappa shape index (κ1) is 34.5. The Morgan fingerprint density at radius 1 is 1.05 bits per heavy atom. The largest absolute Gasteiger partial charge is 0.481 e. The normalized spacial score (nSPS) is 13.2. The van der Waals surface area contributed by atoms with Crippen LogP contribution >= 0.6 is 0 Å². The van der Waals surface area contributed by atoms with Gasteiger partial charge in [-0.1, -0.05) is 94.3 Å². The SMILES string of the molecule is CC.CC/C=c1/c(C(c2ccc(C)cc2)C(CCC)c2ccc(C=O)cc2)c[nH]/c1=C(/C)F.CNCCC(=O)O. The Morgan fingerprint density at radius 2 is 1.65 bits per heavy atom. The number of carboxylic acids is 1. The second-order valence-corrected chi connectivity index (χ2v) is 9.49. The summed E-state index contributed by atoms with van der Waals surface area (Å²) in [6.07, 6.45) is 8.03. The first-order chi connectivity index (χ1) is 19.3. The molecular weight excluding hydrogens is 503 g/mol. The number of nitrogens with one attached hydrogen (secondary N) is 2. The van der Waals surface area contributed by atoms with Crippen molar-refractivity contribution in [3.8, 4) is 0 Å². The molecule has 3 rings (SSSR count). The van der Waals surface area contributed by atoms with Crippen molar-refractivity contribution in [1.29, 1.82) is 0 Å². The Morgan fingerprint density at radius 3 is 2.10 bits per heavy atom. The van der Waals surface area contributed by atoms with Crippen molar-refractivity contribution in [2.75, 3.05) is 13.6 Å². The number of aromatic amines is 1. The van der Waals surface area contributed by atoms with E-state index in [1.165, 1.54) is 23.6 Å². The lowest BCUT2D eigenvalue weighted by molar-refractivity contribution is -0.136. The van der Waals surface area contributed by atoms with Crippen LogP contribution in [0.2, 0.25) is 0 Å². The van der Waals surface area contributed by atoms with E-state index in [4.69, 9.17) is 5.11 Å². The molecule has 0 fully saturated rings. The van der Waals surface area contributed by atoms with Crippen LogP contribution in [0, 0.1) is 6.92 Å². The van der Waals surface area contributed by atoms with E-state index in [9.17, 15) is 14.0 Å². The predicted octanol–water partition coefficient (Wildman–Crippen LogP) is 6.85. The molecule has 0 aliphatic carbocycles. The Bertz CT molecular complexity index is 1270. The van der Waals surface area contributed by atoms with Crippen molar-refractivity contribution in [2.45, 2.75) is 79.1 Å². The average molecular weight is 551 g/mol. The summed E-state index contributed by atoms with van der Waals surface area (Å²) < 4.78 is 14.3. The zero-order valence-electron chi connectivity index (χ0n) is 25.2. The maximum Gasteiger partial charge on any atom is 0.304 e. The van der Waals surface area contributed by atoms with E-state index >= 15 is 0 Å². The second kappa shape index (κ2) is 18.7. The Balaban J connectivity index is 0.000000775. The quantitative estimate of drug-likeness (QED) is 0.228. The molecule has 3 aromatic rings. The van der Waals surface area contributed by atoms with Gasteiger partial charge in [0.1, 0.15) is 12.1 Å². The van der Waals surface area contributed by atoms with Gasteiger partial charge in [-0.25, -0.2) is 4.39 Å². The van der Waals surface area contributed by atoms with E-state index in [-0.39, 0.29) is 24.1 Å². The number of aldehydes is 1. The third-order valence-electron chi connectivity index (χ3n) is 6.57. The molecule has 5 nitrogen and oxygen atoms in total. The maximum absolute atomic E-state index is 14.3. The number of carboxylic acid groups (broad SMARTS) is 1. The monoisotopic (exact) mass is 550 g/mol. The highest BCUT2D eigenvalue weighted by Gasteiger charge is 2.28. The minimum Gasteiger partial charge on any atom is -0.481 e. The molecule has 0 radical (unpaired) electrons. The third-order valence-corrected chi connectivity index (χ3v) is 6.57. The summed E-state index contributed by atoms with van der Waals surface area (Å²) >= 11 is 0. The molecule has 1 heterocycles. The minimum absolute atomic E-state index is 0.0739. The van der Waals surface area contributed by atoms with Gasteiger partial charge >= 0.3 is 5.97 Å². The van der Waals surface area contributed by atoms with E-state index in [0.29, 0.717) is 17.5 Å². The van der Waals surface area contributed by atoms with Gasteiger partial charge < -0.3 is 15.4 Å². The molecule has 0 saturated heterocycles. The zero-order chi connectivity index (χ0) is 30.1. The molecular formula is C34H47FN2O3. The summed E-state index contributed by atoms with van der Waals surface area (Å²) in [5, 5.41) is 12.2. The number of H-pyrrole nitrogens is 1. The zero-order valence-corrected chi connectivity index (χ0v) is 25.2. The van der Waals surface area contributed by atoms with Gasteiger partial charge in [0.15, 0.2) is 0 Å². The number of hydrogen-bond acceptors (Lipinski definition) is 3. The van der Waals surface area contributed by atoms with Crippen LogP contribution in [0.3, 0.4) is 0 Å². The van der Waals surface area contributed by atoms with Gasteiger partial charge in [-0.3, -0.25) is 9.59 Å². The second-order valence-electron chi connectivity index (χ2n) is 9.49. The molecule has 6 heteroatoms. The number of aromatic nitrogens is 1. The van der Waals surface area contributed by atoms with Crippen molar-refractivity contribution >= 4 is 24.2 Å². The fourth-order valence-electron chi connectivity index (χ4n) is 4.71. The molecule has 3 N–H and O–H groups in total. The molecule has 218 valence electrons. The molecule has 2 atom stereocenters. The molecule has 0 amide bonds. The summed E-state index contributed by atoms with van der Waals surface area (Å²) in [5.41, 5.74) is 5.43. The van der Waals surface area contributed by atoms with E-state index in [1.54, 1.807) is 7.05 Å². The Labute approximate surface area is 239 Å². The molecule has 2 unspecified atom stereocenters. The summed E-state index contributed by atoms with van der Waals surface area (Å²) in [7, 11) is 1.73. The lowest BCUT2D eigenvalue weighted by Crippen LogP contribution is -2.29. The summed E-state index contributed by atoms with van der Waals surface area (Å²) in [6, 6.07) is 16.6. The molecule has 0 saturated carbocycles. The van der Waals surface area contributed by atoms with Crippen LogP contribution in [0.1, 0.15) is 105 Å². The molecule has 0 spiro atoms. The molecule has 2 aromatic carbocycles. The van der Waals surface area contributed by atoms with Gasteiger partial charge in [-0.05, 0) is 56.3 Å². The standard InChI is InChI=1S/C28H32FNO.C4H9NO2.C2H6/c1-5-7-24(22-15-11-21(18-31)12-16-22)27(23-13-9-19(3)10-14-23)26-17-30-28(20(4)29)25(26)8-6-2;1-5-3-2-4(6)7;1-2/h8-18,24,27,30H,5-7H2,1-4H3;5H,2-3H2,1H3,(H,6,7);1-2H3/b25-8-,28-20-;;. The number of carbonyl (C=O) groups is 2. The van der Waals surface area contributed by atoms with Crippen LogP contribution in [0.15, 0.2) is 54.7 Å². The summed E-state index contributed by atoms with van der Waals surface area (Å²) in [5.74, 6) is -0.670. The fraction of sp³-hybridized carbons (Fsp3) is 0.412. The third kappa shape index (κ3) is 10.2. The van der Waals surface area contributed by atoms with Crippen LogP contribution in [0.4, 0.5) is 4.39 Å². The van der Waals surface area contributed by atoms with Crippen molar-refractivity contribution in [3.05, 3.63) is 93.1 Å². The van der Waals surface area contributed by atoms with E-state index in [1.807, 2.05) is 32.2 Å². The first-order valence-electron chi connectivity index (χ1n) is 14.3. The van der Waals surface area contributed by atoms with Gasteiger partial charge in [0.05, 0.1) is 11.8 Å². The summed E-state index contributed by atoms with van der Waals surface area (Å²) in [6.45, 7) is 12.4. The number of hydrogen-bond donors (Lipinski definition) is 3. The van der Waals surface area contributed by atoms with Crippen LogP contribution < -0.4 is 15.9 Å². The van der Waals surface area contributed by atoms with Gasteiger partial charge in [0.25, 0.3) is 0 Å². The van der Waals surface area contributed by atoms with Crippen molar-refractivity contribution in [1.82, 2.24) is 10.3 Å². The van der Waals surface area contributed by atoms with Crippen LogP contribution in [-0.4, -0.2) is 35.9 Å². The highest BCUT2D eigenvalue weighted by molar-refractivity contribution is 5.74. The number of aliphatic carboxylic acids is 1. The Hall–Kier alpha value is -3.51. The number of rotatable bonds is 11. The van der Waals surface area contributed by atoms with Crippen LogP contribution in [0.5, 0.6) is 0 Å². The average Bonchev–Trinajstić information content (AvgIpc) is 3.37. The van der Waals surface area contributed by atoms with Gasteiger partial charge in [0, 0.05) is 29.4 Å². The summed E-state index contributed by atoms with van der Waals surface area (Å²) in [4.78, 5) is 24.1. The predicted molar refractivity (Wildman–Crippen MR) is 165 cm³/mol.